The molecular formula is C13H7Cl4F3N2O. The fourth-order valence-electron chi connectivity index (χ4n) is 1.63. The number of anilines is 1. The molecule has 0 amide bonds. The number of rotatable bonds is 4. The monoisotopic (exact) mass is 404 g/mol. The Morgan fingerprint density at radius 2 is 1.70 bits per heavy atom. The van der Waals surface area contributed by atoms with Gasteiger partial charge in [0.2, 0.25) is 5.88 Å². The van der Waals surface area contributed by atoms with Gasteiger partial charge in [-0.1, -0.05) is 34.8 Å². The molecule has 124 valence electrons. The lowest BCUT2D eigenvalue weighted by molar-refractivity contribution is -0.0236. The topological polar surface area (TPSA) is 48.1 Å². The Balaban J connectivity index is 2.54. The van der Waals surface area contributed by atoms with Gasteiger partial charge in [0.05, 0.1) is 15.6 Å². The molecule has 0 aliphatic carbocycles. The fraction of sp³-hybridized carbons (Fsp3) is 0.154. The summed E-state index contributed by atoms with van der Waals surface area (Å²) in [6.45, 7) is 0. The minimum Gasteiger partial charge on any atom is -0.437 e. The van der Waals surface area contributed by atoms with Gasteiger partial charge in [-0.05, 0) is 35.9 Å². The van der Waals surface area contributed by atoms with Crippen molar-refractivity contribution in [2.24, 2.45) is 0 Å². The Morgan fingerprint density at radius 3 is 2.26 bits per heavy atom. The number of nitrogen functional groups attached to an aromatic ring is 1. The first-order valence-corrected chi connectivity index (χ1v) is 7.37. The van der Waals surface area contributed by atoms with Gasteiger partial charge in [-0.15, -0.1) is 0 Å². The zero-order valence-corrected chi connectivity index (χ0v) is 14.0. The van der Waals surface area contributed by atoms with Crippen LogP contribution in [0.25, 0.3) is 0 Å². The number of ether oxygens (including phenoxy) is 1. The first-order valence-electron chi connectivity index (χ1n) is 5.86. The second kappa shape index (κ2) is 6.43. The van der Waals surface area contributed by atoms with Crippen LogP contribution >= 0.6 is 46.4 Å². The van der Waals surface area contributed by atoms with Crippen LogP contribution in [0.5, 0.6) is 11.6 Å². The second-order valence-corrected chi connectivity index (χ2v) is 6.15. The number of hydrogen-bond donors (Lipinski definition) is 1. The molecule has 1 atom stereocenters. The molecule has 0 saturated heterocycles. The Hall–Kier alpha value is -1.08. The highest BCUT2D eigenvalue weighted by Crippen LogP contribution is 2.52. The summed E-state index contributed by atoms with van der Waals surface area (Å²) in [5.74, 6) is -0.621. The van der Waals surface area contributed by atoms with E-state index in [9.17, 15) is 13.2 Å². The second-order valence-electron chi connectivity index (χ2n) is 4.34. The summed E-state index contributed by atoms with van der Waals surface area (Å²) in [5.41, 5.74) is 4.95. The molecule has 0 fully saturated rings. The molecule has 10 heteroatoms. The Kier molecular flexibility index (Phi) is 5.11. The largest absolute Gasteiger partial charge is 0.437 e. The zero-order chi connectivity index (χ0) is 17.4. The van der Waals surface area contributed by atoms with Crippen molar-refractivity contribution in [1.82, 2.24) is 4.98 Å². The molecule has 2 N–H and O–H groups in total. The lowest BCUT2D eigenvalue weighted by atomic mass is 10.1. The zero-order valence-electron chi connectivity index (χ0n) is 11.0. The van der Waals surface area contributed by atoms with E-state index in [2.05, 4.69) is 4.98 Å². The Labute approximate surface area is 149 Å². The molecule has 0 spiro atoms. The predicted octanol–water partition coefficient (Wildman–Crippen LogP) is 5.96. The third-order valence-corrected chi connectivity index (χ3v) is 4.09. The van der Waals surface area contributed by atoms with Crippen LogP contribution in [0, 0.1) is 0 Å². The van der Waals surface area contributed by atoms with E-state index in [1.165, 1.54) is 18.2 Å². The lowest BCUT2D eigenvalue weighted by Gasteiger charge is -2.25. The molecule has 1 aromatic carbocycles. The fourth-order valence-corrected chi connectivity index (χ4v) is 2.45. The molecule has 2 rings (SSSR count). The first-order chi connectivity index (χ1) is 10.5. The van der Waals surface area contributed by atoms with Crippen LogP contribution in [0.2, 0.25) is 10.0 Å². The molecule has 2 aromatic rings. The lowest BCUT2D eigenvalue weighted by Crippen LogP contribution is -2.32. The van der Waals surface area contributed by atoms with Gasteiger partial charge in [0.15, 0.2) is 0 Å². The third kappa shape index (κ3) is 3.71. The molecule has 1 unspecified atom stereocenters. The van der Waals surface area contributed by atoms with Gasteiger partial charge in [0, 0.05) is 11.9 Å². The number of nitrogens with two attached hydrogens (primary N) is 1. The Morgan fingerprint density at radius 1 is 1.04 bits per heavy atom. The quantitative estimate of drug-likeness (QED) is 0.504. The number of alkyl halides is 5. The molecule has 23 heavy (non-hydrogen) atoms. The van der Waals surface area contributed by atoms with Gasteiger partial charge in [-0.25, -0.2) is 9.37 Å². The maximum absolute atomic E-state index is 14.3. The van der Waals surface area contributed by atoms with Gasteiger partial charge in [-0.2, -0.15) is 8.78 Å². The summed E-state index contributed by atoms with van der Waals surface area (Å²) in [6.07, 6.45) is 1.12. The number of pyridine rings is 1. The third-order valence-electron chi connectivity index (χ3n) is 2.70. The maximum Gasteiger partial charge on any atom is 0.373 e. The van der Waals surface area contributed by atoms with Crippen LogP contribution in [-0.4, -0.2) is 10.4 Å². The molecule has 0 aliphatic heterocycles. The standard InChI is InChI=1S/C13H7Cl4F3N2O/c14-7-3-4-22-11(10(7)12(16,18)13(17,19)20)23-9-2-1-6(21)5-8(9)15/h1-5H,21H2. The Bertz CT molecular complexity index is 738. The maximum atomic E-state index is 14.3. The van der Waals surface area contributed by atoms with E-state index in [0.29, 0.717) is 5.69 Å². The molecule has 0 bridgehead atoms. The molecular weight excluding hydrogens is 399 g/mol. The van der Waals surface area contributed by atoms with Crippen LogP contribution in [-0.2, 0) is 5.13 Å². The van der Waals surface area contributed by atoms with Crippen LogP contribution in [0.3, 0.4) is 0 Å². The van der Waals surface area contributed by atoms with Crippen LogP contribution < -0.4 is 10.5 Å². The van der Waals surface area contributed by atoms with Gasteiger partial charge in [0.25, 0.3) is 5.13 Å². The van der Waals surface area contributed by atoms with Gasteiger partial charge in [0.1, 0.15) is 5.75 Å². The summed E-state index contributed by atoms with van der Waals surface area (Å²) in [5, 5.41) is -8.71. The predicted molar refractivity (Wildman–Crippen MR) is 84.6 cm³/mol. The van der Waals surface area contributed by atoms with Crippen molar-refractivity contribution in [3.8, 4) is 11.6 Å². The van der Waals surface area contributed by atoms with Gasteiger partial charge < -0.3 is 10.5 Å². The highest BCUT2D eigenvalue weighted by molar-refractivity contribution is 6.36. The number of halogens is 7. The number of nitrogens with zero attached hydrogens (tertiary/aromatic N) is 1. The summed E-state index contributed by atoms with van der Waals surface area (Å²) in [4.78, 5) is 3.67. The van der Waals surface area contributed by atoms with E-state index in [1.807, 2.05) is 0 Å². The van der Waals surface area contributed by atoms with Crippen molar-refractivity contribution < 1.29 is 17.9 Å². The van der Waals surface area contributed by atoms with E-state index in [-0.39, 0.29) is 10.8 Å². The van der Waals surface area contributed by atoms with Gasteiger partial charge in [-0.3, -0.25) is 0 Å². The molecule has 1 aromatic heterocycles. The summed E-state index contributed by atoms with van der Waals surface area (Å²) in [6, 6.07) is 5.19. The summed E-state index contributed by atoms with van der Waals surface area (Å²) < 4.78 is 46.2. The van der Waals surface area contributed by atoms with Crippen molar-refractivity contribution in [3.05, 3.63) is 46.1 Å². The molecule has 0 radical (unpaired) electrons. The van der Waals surface area contributed by atoms with Crippen LogP contribution in [0.15, 0.2) is 30.5 Å². The molecule has 3 nitrogen and oxygen atoms in total. The highest BCUT2D eigenvalue weighted by atomic mass is 35.5. The normalized spacial score (nSPS) is 14.4. The molecule has 0 saturated carbocycles. The summed E-state index contributed by atoms with van der Waals surface area (Å²) >= 11 is 21.7. The van der Waals surface area contributed by atoms with Crippen molar-refractivity contribution in [1.29, 1.82) is 0 Å². The highest BCUT2D eigenvalue weighted by Gasteiger charge is 2.57. The average molecular weight is 406 g/mol. The van der Waals surface area contributed by atoms with Crippen molar-refractivity contribution >= 4 is 52.1 Å². The van der Waals surface area contributed by atoms with E-state index >= 15 is 0 Å². The molecule has 1 heterocycles. The van der Waals surface area contributed by atoms with E-state index in [1.54, 1.807) is 0 Å². The van der Waals surface area contributed by atoms with E-state index in [4.69, 9.17) is 56.9 Å². The van der Waals surface area contributed by atoms with Gasteiger partial charge >= 0.3 is 5.38 Å². The summed E-state index contributed by atoms with van der Waals surface area (Å²) in [7, 11) is 0. The van der Waals surface area contributed by atoms with Crippen molar-refractivity contribution in [2.45, 2.75) is 10.5 Å². The minimum absolute atomic E-state index is 0.0118. The minimum atomic E-state index is -4.47. The average Bonchev–Trinajstić information content (AvgIpc) is 2.40. The first kappa shape index (κ1) is 18.3. The van der Waals surface area contributed by atoms with Crippen LogP contribution in [0.1, 0.15) is 5.56 Å². The number of aromatic nitrogens is 1. The number of hydrogen-bond acceptors (Lipinski definition) is 3. The molecule has 0 aliphatic rings. The van der Waals surface area contributed by atoms with E-state index in [0.717, 1.165) is 12.3 Å². The SMILES string of the molecule is Nc1ccc(Oc2nccc(Cl)c2C(F)(Cl)C(F)(F)Cl)c(Cl)c1. The smallest absolute Gasteiger partial charge is 0.373 e. The number of benzene rings is 1. The van der Waals surface area contributed by atoms with Crippen molar-refractivity contribution in [3.63, 3.8) is 0 Å². The van der Waals surface area contributed by atoms with E-state index < -0.39 is 27.0 Å². The van der Waals surface area contributed by atoms with Crippen LogP contribution in [0.4, 0.5) is 18.9 Å². The van der Waals surface area contributed by atoms with Crippen molar-refractivity contribution in [2.75, 3.05) is 5.73 Å².